The highest BCUT2D eigenvalue weighted by molar-refractivity contribution is 5.72. The molecule has 0 fully saturated rings. The van der Waals surface area contributed by atoms with Crippen molar-refractivity contribution < 1.29 is 4.74 Å². The number of rotatable bonds is 2. The summed E-state index contributed by atoms with van der Waals surface area (Å²) in [6, 6.07) is 17.0. The molecule has 18 heavy (non-hydrogen) atoms. The normalized spacial score (nSPS) is 17.9. The topological polar surface area (TPSA) is 9.23 Å². The molecule has 1 aliphatic rings. The summed E-state index contributed by atoms with van der Waals surface area (Å²) < 4.78 is 6.17. The van der Waals surface area contributed by atoms with E-state index in [1.807, 2.05) is 0 Å². The van der Waals surface area contributed by atoms with Gasteiger partial charge in [-0.25, -0.2) is 0 Å². The van der Waals surface area contributed by atoms with Gasteiger partial charge in [0.1, 0.15) is 5.75 Å². The average molecular weight is 238 g/mol. The van der Waals surface area contributed by atoms with Crippen molar-refractivity contribution in [1.29, 1.82) is 0 Å². The van der Waals surface area contributed by atoms with Crippen molar-refractivity contribution in [2.75, 3.05) is 0 Å². The van der Waals surface area contributed by atoms with E-state index in [0.717, 1.165) is 25.0 Å². The van der Waals surface area contributed by atoms with Gasteiger partial charge in [-0.05, 0) is 30.4 Å². The fourth-order valence-electron chi connectivity index (χ4n) is 2.60. The first-order valence-electron chi connectivity index (χ1n) is 6.72. The first-order chi connectivity index (χ1) is 8.88. The van der Waals surface area contributed by atoms with Gasteiger partial charge >= 0.3 is 0 Å². The van der Waals surface area contributed by atoms with Crippen molar-refractivity contribution in [3.05, 3.63) is 54.1 Å². The van der Waals surface area contributed by atoms with Gasteiger partial charge in [-0.3, -0.25) is 0 Å². The van der Waals surface area contributed by atoms with Gasteiger partial charge < -0.3 is 4.74 Å². The molecule has 0 unspecified atom stereocenters. The molecule has 0 radical (unpaired) electrons. The van der Waals surface area contributed by atoms with E-state index in [1.165, 1.54) is 16.7 Å². The molecule has 0 spiro atoms. The van der Waals surface area contributed by atoms with Crippen LogP contribution in [-0.4, -0.2) is 6.10 Å². The summed E-state index contributed by atoms with van der Waals surface area (Å²) in [5, 5.41) is 0. The number of ether oxygens (including phenoxy) is 1. The number of benzene rings is 2. The second-order valence-corrected chi connectivity index (χ2v) is 4.85. The van der Waals surface area contributed by atoms with Crippen LogP contribution in [0.4, 0.5) is 0 Å². The molecule has 0 amide bonds. The molecule has 0 N–H and O–H groups in total. The van der Waals surface area contributed by atoms with Crippen molar-refractivity contribution >= 4 is 0 Å². The smallest absolute Gasteiger partial charge is 0.130 e. The fourth-order valence-corrected chi connectivity index (χ4v) is 2.60. The number of fused-ring (bicyclic) bond motifs is 1. The Bertz CT molecular complexity index is 531. The van der Waals surface area contributed by atoms with Gasteiger partial charge in [0.2, 0.25) is 0 Å². The minimum absolute atomic E-state index is 0.377. The van der Waals surface area contributed by atoms with Crippen molar-refractivity contribution in [2.45, 2.75) is 32.3 Å². The highest BCUT2D eigenvalue weighted by Crippen LogP contribution is 2.37. The van der Waals surface area contributed by atoms with Crippen LogP contribution in [0.3, 0.4) is 0 Å². The third kappa shape index (κ3) is 2.01. The van der Waals surface area contributed by atoms with Crippen LogP contribution in [-0.2, 0) is 6.42 Å². The van der Waals surface area contributed by atoms with E-state index < -0.39 is 0 Å². The molecule has 1 atom stereocenters. The zero-order valence-electron chi connectivity index (χ0n) is 10.7. The predicted octanol–water partition coefficient (Wildman–Crippen LogP) is 4.46. The minimum atomic E-state index is 0.377. The maximum Gasteiger partial charge on any atom is 0.130 e. The number of aryl methyl sites for hydroxylation is 1. The third-order valence-corrected chi connectivity index (χ3v) is 3.66. The lowest BCUT2D eigenvalue weighted by atomic mass is 9.95. The second kappa shape index (κ2) is 4.85. The van der Waals surface area contributed by atoms with Gasteiger partial charge in [0.05, 0.1) is 6.10 Å². The van der Waals surface area contributed by atoms with Gasteiger partial charge in [0.25, 0.3) is 0 Å². The van der Waals surface area contributed by atoms with Gasteiger partial charge in [-0.15, -0.1) is 0 Å². The van der Waals surface area contributed by atoms with Crippen LogP contribution in [0, 0.1) is 0 Å². The fraction of sp³-hybridized carbons (Fsp3) is 0.294. The third-order valence-electron chi connectivity index (χ3n) is 3.66. The summed E-state index contributed by atoms with van der Waals surface area (Å²) in [5.41, 5.74) is 3.82. The van der Waals surface area contributed by atoms with Crippen LogP contribution in [0.5, 0.6) is 5.75 Å². The summed E-state index contributed by atoms with van der Waals surface area (Å²) in [5.74, 6) is 1.10. The number of hydrogen-bond acceptors (Lipinski definition) is 1. The van der Waals surface area contributed by atoms with E-state index in [9.17, 15) is 0 Å². The molecule has 2 aromatic carbocycles. The molecule has 0 saturated heterocycles. The summed E-state index contributed by atoms with van der Waals surface area (Å²) in [6.07, 6.45) is 3.74. The Kier molecular flexibility index (Phi) is 3.06. The van der Waals surface area contributed by atoms with E-state index in [1.54, 1.807) is 0 Å². The van der Waals surface area contributed by atoms with E-state index in [4.69, 9.17) is 4.74 Å². The van der Waals surface area contributed by atoms with Crippen molar-refractivity contribution in [2.24, 2.45) is 0 Å². The van der Waals surface area contributed by atoms with Gasteiger partial charge in [-0.2, -0.15) is 0 Å². The summed E-state index contributed by atoms with van der Waals surface area (Å²) in [6.45, 7) is 2.20. The van der Waals surface area contributed by atoms with Crippen molar-refractivity contribution in [3.63, 3.8) is 0 Å². The molecule has 92 valence electrons. The standard InChI is InChI=1S/C17H18O/c1-2-15-12-11-14-9-6-10-16(17(14)18-15)13-7-4-3-5-8-13/h3-10,15H,2,11-12H2,1H3/t15-/m0/s1. The average Bonchev–Trinajstić information content (AvgIpc) is 2.47. The van der Waals surface area contributed by atoms with Gasteiger partial charge in [0, 0.05) is 5.56 Å². The summed E-state index contributed by atoms with van der Waals surface area (Å²) >= 11 is 0. The maximum absolute atomic E-state index is 6.17. The molecule has 2 aromatic rings. The van der Waals surface area contributed by atoms with Crippen molar-refractivity contribution in [1.82, 2.24) is 0 Å². The lowest BCUT2D eigenvalue weighted by Gasteiger charge is -2.27. The molecular weight excluding hydrogens is 220 g/mol. The molecule has 1 heterocycles. The highest BCUT2D eigenvalue weighted by atomic mass is 16.5. The van der Waals surface area contributed by atoms with Gasteiger partial charge in [-0.1, -0.05) is 55.5 Å². The van der Waals surface area contributed by atoms with Crippen LogP contribution in [0.25, 0.3) is 11.1 Å². The largest absolute Gasteiger partial charge is 0.489 e. The molecule has 0 saturated carbocycles. The highest BCUT2D eigenvalue weighted by Gasteiger charge is 2.21. The molecule has 1 heteroatoms. The van der Waals surface area contributed by atoms with Crippen LogP contribution in [0.15, 0.2) is 48.5 Å². The van der Waals surface area contributed by atoms with Crippen LogP contribution >= 0.6 is 0 Å². The predicted molar refractivity (Wildman–Crippen MR) is 74.9 cm³/mol. The zero-order valence-corrected chi connectivity index (χ0v) is 10.7. The van der Waals surface area contributed by atoms with Gasteiger partial charge in [0.15, 0.2) is 0 Å². The zero-order chi connectivity index (χ0) is 12.4. The van der Waals surface area contributed by atoms with Crippen LogP contribution < -0.4 is 4.74 Å². The Labute approximate surface area is 108 Å². The molecule has 3 rings (SSSR count). The Morgan fingerprint density at radius 2 is 1.89 bits per heavy atom. The molecule has 1 nitrogen and oxygen atoms in total. The first kappa shape index (κ1) is 11.3. The van der Waals surface area contributed by atoms with E-state index in [0.29, 0.717) is 6.10 Å². The Morgan fingerprint density at radius 3 is 2.67 bits per heavy atom. The van der Waals surface area contributed by atoms with Crippen LogP contribution in [0.1, 0.15) is 25.3 Å². The molecule has 0 aliphatic carbocycles. The molecule has 1 aliphatic heterocycles. The monoisotopic (exact) mass is 238 g/mol. The quantitative estimate of drug-likeness (QED) is 0.750. The Hall–Kier alpha value is -1.76. The Balaban J connectivity index is 2.06. The number of hydrogen-bond donors (Lipinski definition) is 0. The Morgan fingerprint density at radius 1 is 1.06 bits per heavy atom. The maximum atomic E-state index is 6.17. The van der Waals surface area contributed by atoms with E-state index >= 15 is 0 Å². The van der Waals surface area contributed by atoms with Crippen molar-refractivity contribution in [3.8, 4) is 16.9 Å². The first-order valence-corrected chi connectivity index (χ1v) is 6.72. The lowest BCUT2D eigenvalue weighted by Crippen LogP contribution is -2.22. The number of para-hydroxylation sites is 1. The summed E-state index contributed by atoms with van der Waals surface area (Å²) in [4.78, 5) is 0. The SMILES string of the molecule is CC[C@H]1CCc2cccc(-c3ccccc3)c2O1. The molecule has 0 aromatic heterocycles. The second-order valence-electron chi connectivity index (χ2n) is 4.85. The summed E-state index contributed by atoms with van der Waals surface area (Å²) in [7, 11) is 0. The van der Waals surface area contributed by atoms with E-state index in [-0.39, 0.29) is 0 Å². The minimum Gasteiger partial charge on any atom is -0.489 e. The molecular formula is C17H18O. The van der Waals surface area contributed by atoms with Crippen LogP contribution in [0.2, 0.25) is 0 Å². The lowest BCUT2D eigenvalue weighted by molar-refractivity contribution is 0.170. The molecule has 0 bridgehead atoms. The van der Waals surface area contributed by atoms with E-state index in [2.05, 4.69) is 55.5 Å².